The van der Waals surface area contributed by atoms with Crippen molar-refractivity contribution in [2.45, 2.75) is 51.6 Å². The Balaban J connectivity index is 2.12. The Hall–Kier alpha value is -3.07. The summed E-state index contributed by atoms with van der Waals surface area (Å²) >= 11 is 12.7. The van der Waals surface area contributed by atoms with Crippen LogP contribution in [0.5, 0.6) is 0 Å². The molecule has 1 N–H and O–H groups in total. The van der Waals surface area contributed by atoms with Crippen LogP contribution < -0.4 is 9.62 Å². The van der Waals surface area contributed by atoms with Gasteiger partial charge in [0.15, 0.2) is 0 Å². The molecule has 0 saturated heterocycles. The number of sulfonamides is 1. The van der Waals surface area contributed by atoms with Gasteiger partial charge in [-0.25, -0.2) is 8.42 Å². The first-order chi connectivity index (χ1) is 18.5. The van der Waals surface area contributed by atoms with E-state index < -0.39 is 28.5 Å². The summed E-state index contributed by atoms with van der Waals surface area (Å²) in [5, 5.41) is 2.94. The number of likely N-dealkylation sites (N-methyl/N-ethyl adjacent to an activating group) is 1. The van der Waals surface area contributed by atoms with E-state index in [0.29, 0.717) is 13.0 Å². The van der Waals surface area contributed by atoms with Gasteiger partial charge in [0.1, 0.15) is 12.6 Å². The molecule has 10 heteroatoms. The van der Waals surface area contributed by atoms with E-state index in [1.54, 1.807) is 31.2 Å². The molecule has 208 valence electrons. The molecule has 3 aromatic rings. The number of rotatable bonds is 11. The molecular weight excluding hydrogens is 557 g/mol. The third-order valence-electron chi connectivity index (χ3n) is 6.43. The second-order valence-electron chi connectivity index (χ2n) is 9.16. The number of halogens is 2. The van der Waals surface area contributed by atoms with Crippen molar-refractivity contribution in [3.63, 3.8) is 0 Å². The van der Waals surface area contributed by atoms with Gasteiger partial charge in [0.25, 0.3) is 10.0 Å². The molecule has 0 aliphatic rings. The summed E-state index contributed by atoms with van der Waals surface area (Å²) in [6.45, 7) is 7.32. The normalized spacial score (nSPS) is 12.1. The van der Waals surface area contributed by atoms with Crippen LogP contribution in [-0.2, 0) is 26.2 Å². The van der Waals surface area contributed by atoms with Crippen LogP contribution >= 0.6 is 23.2 Å². The second kappa shape index (κ2) is 13.3. The fourth-order valence-electron chi connectivity index (χ4n) is 4.22. The highest BCUT2D eigenvalue weighted by molar-refractivity contribution is 7.92. The topological polar surface area (TPSA) is 86.8 Å². The summed E-state index contributed by atoms with van der Waals surface area (Å²) in [4.78, 5) is 28.5. The minimum absolute atomic E-state index is 0.00170. The number of aryl methyl sites for hydroxylation is 2. The number of benzene rings is 3. The third kappa shape index (κ3) is 7.12. The van der Waals surface area contributed by atoms with Crippen molar-refractivity contribution >= 4 is 50.7 Å². The number of carbonyl (C=O) groups excluding carboxylic acids is 2. The van der Waals surface area contributed by atoms with Crippen LogP contribution in [-0.4, -0.2) is 44.3 Å². The van der Waals surface area contributed by atoms with E-state index in [1.165, 1.54) is 23.1 Å². The summed E-state index contributed by atoms with van der Waals surface area (Å²) in [7, 11) is -4.24. The molecule has 0 saturated carbocycles. The smallest absolute Gasteiger partial charge is 0.264 e. The number of amides is 2. The molecule has 3 rings (SSSR count). The van der Waals surface area contributed by atoms with Crippen LogP contribution in [0, 0.1) is 13.8 Å². The zero-order valence-electron chi connectivity index (χ0n) is 22.4. The quantitative estimate of drug-likeness (QED) is 0.308. The van der Waals surface area contributed by atoms with Crippen LogP contribution in [0.1, 0.15) is 37.0 Å². The number of anilines is 1. The minimum atomic E-state index is -4.24. The summed E-state index contributed by atoms with van der Waals surface area (Å²) < 4.78 is 28.8. The molecule has 0 unspecified atom stereocenters. The Labute approximate surface area is 240 Å². The molecule has 0 bridgehead atoms. The monoisotopic (exact) mass is 589 g/mol. The Morgan fingerprint density at radius 3 is 2.21 bits per heavy atom. The molecule has 0 aliphatic heterocycles. The zero-order valence-corrected chi connectivity index (χ0v) is 24.8. The molecule has 0 aromatic heterocycles. The van der Waals surface area contributed by atoms with Crippen molar-refractivity contribution in [2.75, 3.05) is 17.4 Å². The van der Waals surface area contributed by atoms with Gasteiger partial charge >= 0.3 is 0 Å². The van der Waals surface area contributed by atoms with Crippen molar-refractivity contribution in [2.24, 2.45) is 0 Å². The van der Waals surface area contributed by atoms with Gasteiger partial charge in [-0.15, -0.1) is 0 Å². The summed E-state index contributed by atoms with van der Waals surface area (Å²) in [6, 6.07) is 17.7. The van der Waals surface area contributed by atoms with Gasteiger partial charge in [-0.3, -0.25) is 13.9 Å². The Morgan fingerprint density at radius 1 is 0.923 bits per heavy atom. The third-order valence-corrected chi connectivity index (χ3v) is 9.01. The predicted octanol–water partition coefficient (Wildman–Crippen LogP) is 5.75. The van der Waals surface area contributed by atoms with Crippen LogP contribution in [0.15, 0.2) is 71.6 Å². The zero-order chi connectivity index (χ0) is 28.7. The van der Waals surface area contributed by atoms with Crippen molar-refractivity contribution in [3.05, 3.63) is 93.5 Å². The number of hydrogen-bond acceptors (Lipinski definition) is 4. The van der Waals surface area contributed by atoms with Crippen molar-refractivity contribution in [3.8, 4) is 0 Å². The standard InChI is InChI=1S/C29H33Cl2N3O4S/c1-5-25(29(36)32-6-2)33(18-22-11-8-7-10-21(22)4)27(35)19-34(26-13-9-12-24(30)28(26)31)39(37,38)23-16-14-20(3)15-17-23/h7-17,25H,5-6,18-19H2,1-4H3,(H,32,36)/t25-/m0/s1. The lowest BCUT2D eigenvalue weighted by atomic mass is 10.1. The highest BCUT2D eigenvalue weighted by atomic mass is 35.5. The summed E-state index contributed by atoms with van der Waals surface area (Å²) in [6.07, 6.45) is 0.339. The largest absolute Gasteiger partial charge is 0.355 e. The van der Waals surface area contributed by atoms with Crippen LogP contribution in [0.25, 0.3) is 0 Å². The van der Waals surface area contributed by atoms with Crippen molar-refractivity contribution < 1.29 is 18.0 Å². The van der Waals surface area contributed by atoms with Gasteiger partial charge in [0.2, 0.25) is 11.8 Å². The number of carbonyl (C=O) groups is 2. The highest BCUT2D eigenvalue weighted by Gasteiger charge is 2.34. The van der Waals surface area contributed by atoms with Gasteiger partial charge in [-0.1, -0.05) is 78.2 Å². The maximum atomic E-state index is 14.0. The maximum Gasteiger partial charge on any atom is 0.264 e. The Bertz CT molecular complexity index is 1430. The first-order valence-electron chi connectivity index (χ1n) is 12.7. The summed E-state index contributed by atoms with van der Waals surface area (Å²) in [5.74, 6) is -0.862. The molecule has 7 nitrogen and oxygen atoms in total. The van der Waals surface area contributed by atoms with Crippen molar-refractivity contribution in [1.82, 2.24) is 10.2 Å². The molecule has 0 aliphatic carbocycles. The van der Waals surface area contributed by atoms with Gasteiger partial charge in [-0.05, 0) is 62.6 Å². The SMILES string of the molecule is CCNC(=O)[C@H](CC)N(Cc1ccccc1C)C(=O)CN(c1cccc(Cl)c1Cl)S(=O)(=O)c1ccc(C)cc1. The molecule has 3 aromatic carbocycles. The maximum absolute atomic E-state index is 14.0. The van der Waals surface area contributed by atoms with E-state index in [0.717, 1.165) is 21.0 Å². The molecule has 0 heterocycles. The van der Waals surface area contributed by atoms with E-state index >= 15 is 0 Å². The molecule has 2 amide bonds. The van der Waals surface area contributed by atoms with E-state index in [2.05, 4.69) is 5.32 Å². The first kappa shape index (κ1) is 30.5. The highest BCUT2D eigenvalue weighted by Crippen LogP contribution is 2.35. The van der Waals surface area contributed by atoms with Crippen molar-refractivity contribution in [1.29, 1.82) is 0 Å². The number of nitrogens with one attached hydrogen (secondary N) is 1. The van der Waals surface area contributed by atoms with Gasteiger partial charge < -0.3 is 10.2 Å². The average Bonchev–Trinajstić information content (AvgIpc) is 2.90. The van der Waals surface area contributed by atoms with Gasteiger partial charge in [-0.2, -0.15) is 0 Å². The fourth-order valence-corrected chi connectivity index (χ4v) is 6.09. The van der Waals surface area contributed by atoms with Gasteiger partial charge in [0.05, 0.1) is 20.6 Å². The predicted molar refractivity (Wildman–Crippen MR) is 157 cm³/mol. The van der Waals surface area contributed by atoms with Crippen LogP contribution in [0.4, 0.5) is 5.69 Å². The molecular formula is C29H33Cl2N3O4S. The number of nitrogens with zero attached hydrogens (tertiary/aromatic N) is 2. The molecule has 0 spiro atoms. The van der Waals surface area contributed by atoms with E-state index in [4.69, 9.17) is 23.2 Å². The molecule has 0 radical (unpaired) electrons. The average molecular weight is 591 g/mol. The van der Waals surface area contributed by atoms with Crippen LogP contribution in [0.3, 0.4) is 0 Å². The summed E-state index contributed by atoms with van der Waals surface area (Å²) in [5.41, 5.74) is 2.75. The second-order valence-corrected chi connectivity index (χ2v) is 11.8. The van der Waals surface area contributed by atoms with E-state index in [-0.39, 0.29) is 33.1 Å². The first-order valence-corrected chi connectivity index (χ1v) is 14.9. The lowest BCUT2D eigenvalue weighted by Crippen LogP contribution is -2.52. The molecule has 39 heavy (non-hydrogen) atoms. The van der Waals surface area contributed by atoms with Gasteiger partial charge in [0, 0.05) is 13.1 Å². The van der Waals surface area contributed by atoms with Crippen LogP contribution in [0.2, 0.25) is 10.0 Å². The van der Waals surface area contributed by atoms with E-state index in [1.807, 2.05) is 45.0 Å². The Morgan fingerprint density at radius 2 is 1.59 bits per heavy atom. The fraction of sp³-hybridized carbons (Fsp3) is 0.310. The lowest BCUT2D eigenvalue weighted by molar-refractivity contribution is -0.140. The molecule has 0 fully saturated rings. The van der Waals surface area contributed by atoms with E-state index in [9.17, 15) is 18.0 Å². The number of hydrogen-bond donors (Lipinski definition) is 1. The minimum Gasteiger partial charge on any atom is -0.355 e. The lowest BCUT2D eigenvalue weighted by Gasteiger charge is -2.33. The Kier molecular flexibility index (Phi) is 10.4. The molecule has 1 atom stereocenters.